The normalized spacial score (nSPS) is 20.0. The summed E-state index contributed by atoms with van der Waals surface area (Å²) in [6.45, 7) is 3.45. The first-order valence-electron chi connectivity index (χ1n) is 31.4. The maximum Gasteiger partial charge on any atom is 0.249 e. The second-order valence-corrected chi connectivity index (χ2v) is 22.1. The monoisotopic (exact) mass is 1050 g/mol. The second kappa shape index (κ2) is 52.1. The smallest absolute Gasteiger partial charge is 0.249 e. The van der Waals surface area contributed by atoms with Gasteiger partial charge in [0.15, 0.2) is 6.29 Å². The largest absolute Gasteiger partial charge is 0.394 e. The fraction of sp³-hybridized carbons (Fsp3) is 0.889. The highest BCUT2D eigenvalue weighted by Crippen LogP contribution is 2.23. The molecule has 0 spiro atoms. The number of hydrogen-bond donors (Lipinski definition) is 8. The summed E-state index contributed by atoms with van der Waals surface area (Å²) in [5.74, 6) is -0.707. The molecular formula is C63H119NO10. The van der Waals surface area contributed by atoms with Crippen molar-refractivity contribution in [2.45, 2.75) is 345 Å². The Balaban J connectivity index is 2.22. The minimum Gasteiger partial charge on any atom is -0.394 e. The van der Waals surface area contributed by atoms with Gasteiger partial charge in [0.2, 0.25) is 5.91 Å². The number of allylic oxidation sites excluding steroid dienone is 6. The number of amides is 1. The molecule has 8 N–H and O–H groups in total. The first-order valence-corrected chi connectivity index (χ1v) is 31.4. The molecule has 1 aliphatic rings. The summed E-state index contributed by atoms with van der Waals surface area (Å²) in [4.78, 5) is 13.2. The highest BCUT2D eigenvalue weighted by molar-refractivity contribution is 5.80. The van der Waals surface area contributed by atoms with Crippen LogP contribution < -0.4 is 5.32 Å². The van der Waals surface area contributed by atoms with Gasteiger partial charge in [-0.2, -0.15) is 0 Å². The van der Waals surface area contributed by atoms with Crippen molar-refractivity contribution in [3.8, 4) is 0 Å². The molecule has 1 rings (SSSR count). The lowest BCUT2D eigenvalue weighted by molar-refractivity contribution is -0.303. The van der Waals surface area contributed by atoms with Crippen LogP contribution in [0.5, 0.6) is 0 Å². The van der Waals surface area contributed by atoms with Crippen LogP contribution in [0.2, 0.25) is 0 Å². The predicted molar refractivity (Wildman–Crippen MR) is 307 cm³/mol. The minimum atomic E-state index is -1.67. The zero-order valence-electron chi connectivity index (χ0n) is 47.8. The van der Waals surface area contributed by atoms with Gasteiger partial charge in [0, 0.05) is 0 Å². The summed E-state index contributed by atoms with van der Waals surface area (Å²) in [6, 6.07) is -1.19. The molecule has 0 bridgehead atoms. The van der Waals surface area contributed by atoms with Gasteiger partial charge in [-0.05, 0) is 77.0 Å². The summed E-state index contributed by atoms with van der Waals surface area (Å²) < 4.78 is 11.1. The number of ether oxygens (including phenoxy) is 2. The minimum absolute atomic E-state index is 0.247. The molecule has 1 heterocycles. The third-order valence-corrected chi connectivity index (χ3v) is 15.1. The quantitative estimate of drug-likeness (QED) is 0.0215. The standard InChI is InChI=1S/C63H119NO10/c1-3-5-7-9-11-13-15-17-19-21-22-23-24-25-26-27-28-29-30-31-32-33-34-35-37-39-41-43-45-47-49-51-56(67)62(72)64-54(53-73-63-61(71)60(70)59(69)57(52-65)74-63)58(68)55(66)50-48-46-44-42-40-38-36-20-18-16-14-12-10-8-6-4-2/h20,25-26,36,42,44,54-61,63,65-71H,3-19,21-24,27-35,37-41,43,45-53H2,1-2H3,(H,64,72)/b26-25-,36-20+,44-42+. The molecule has 0 saturated carbocycles. The molecule has 0 aliphatic carbocycles. The van der Waals surface area contributed by atoms with Crippen molar-refractivity contribution in [3.63, 3.8) is 0 Å². The van der Waals surface area contributed by atoms with Crippen LogP contribution in [-0.2, 0) is 14.3 Å². The van der Waals surface area contributed by atoms with Crippen molar-refractivity contribution in [1.82, 2.24) is 5.32 Å². The maximum absolute atomic E-state index is 13.2. The molecule has 9 atom stereocenters. The lowest BCUT2D eigenvalue weighted by Crippen LogP contribution is -2.60. The molecule has 9 unspecified atom stereocenters. The first-order chi connectivity index (χ1) is 36.2. The Morgan fingerprint density at radius 1 is 0.459 bits per heavy atom. The van der Waals surface area contributed by atoms with E-state index in [4.69, 9.17) is 9.47 Å². The highest BCUT2D eigenvalue weighted by Gasteiger charge is 2.44. The molecule has 436 valence electrons. The van der Waals surface area contributed by atoms with Crippen molar-refractivity contribution in [2.75, 3.05) is 13.2 Å². The average Bonchev–Trinajstić information content (AvgIpc) is 3.40. The summed E-state index contributed by atoms with van der Waals surface area (Å²) >= 11 is 0. The Morgan fingerprint density at radius 2 is 0.811 bits per heavy atom. The van der Waals surface area contributed by atoms with Crippen molar-refractivity contribution in [2.24, 2.45) is 0 Å². The number of hydrogen-bond acceptors (Lipinski definition) is 10. The third kappa shape index (κ3) is 39.7. The number of unbranched alkanes of at least 4 members (excludes halogenated alkanes) is 36. The first kappa shape index (κ1) is 70.3. The van der Waals surface area contributed by atoms with E-state index in [-0.39, 0.29) is 12.8 Å². The van der Waals surface area contributed by atoms with Crippen LogP contribution in [0.3, 0.4) is 0 Å². The predicted octanol–water partition coefficient (Wildman–Crippen LogP) is 13.9. The van der Waals surface area contributed by atoms with E-state index in [1.165, 1.54) is 205 Å². The van der Waals surface area contributed by atoms with E-state index in [0.717, 1.165) is 38.5 Å². The van der Waals surface area contributed by atoms with Gasteiger partial charge >= 0.3 is 0 Å². The van der Waals surface area contributed by atoms with Gasteiger partial charge in [-0.3, -0.25) is 4.79 Å². The Kier molecular flexibility index (Phi) is 49.5. The van der Waals surface area contributed by atoms with E-state index < -0.39 is 74.2 Å². The Bertz CT molecular complexity index is 1300. The number of nitrogens with one attached hydrogen (secondary N) is 1. The molecule has 1 fully saturated rings. The fourth-order valence-electron chi connectivity index (χ4n) is 10.0. The van der Waals surface area contributed by atoms with E-state index in [1.54, 1.807) is 0 Å². The lowest BCUT2D eigenvalue weighted by atomic mass is 9.98. The molecule has 0 aromatic rings. The summed E-state index contributed by atoms with van der Waals surface area (Å²) in [5.41, 5.74) is 0. The maximum atomic E-state index is 13.2. The van der Waals surface area contributed by atoms with Gasteiger partial charge in [-0.15, -0.1) is 0 Å². The van der Waals surface area contributed by atoms with Crippen molar-refractivity contribution >= 4 is 5.91 Å². The highest BCUT2D eigenvalue weighted by atomic mass is 16.7. The average molecular weight is 1050 g/mol. The van der Waals surface area contributed by atoms with Crippen LogP contribution in [-0.4, -0.2) is 110 Å². The molecule has 1 amide bonds. The van der Waals surface area contributed by atoms with E-state index in [1.807, 2.05) is 0 Å². The molecule has 11 nitrogen and oxygen atoms in total. The summed E-state index contributed by atoms with van der Waals surface area (Å²) in [7, 11) is 0. The molecule has 1 aliphatic heterocycles. The van der Waals surface area contributed by atoms with Gasteiger partial charge < -0.3 is 50.5 Å². The van der Waals surface area contributed by atoms with Crippen molar-refractivity contribution in [3.05, 3.63) is 36.5 Å². The topological polar surface area (TPSA) is 189 Å². The van der Waals surface area contributed by atoms with E-state index in [2.05, 4.69) is 55.6 Å². The van der Waals surface area contributed by atoms with Gasteiger partial charge in [-0.25, -0.2) is 0 Å². The number of rotatable bonds is 54. The zero-order chi connectivity index (χ0) is 54.0. The number of carbonyl (C=O) groups is 1. The molecular weight excluding hydrogens is 931 g/mol. The summed E-state index contributed by atoms with van der Waals surface area (Å²) in [6.07, 6.45) is 53.7. The Hall–Kier alpha value is -1.67. The molecule has 11 heteroatoms. The molecule has 1 saturated heterocycles. The van der Waals surface area contributed by atoms with E-state index in [0.29, 0.717) is 19.3 Å². The fourth-order valence-corrected chi connectivity index (χ4v) is 10.0. The van der Waals surface area contributed by atoms with Crippen molar-refractivity contribution in [1.29, 1.82) is 0 Å². The van der Waals surface area contributed by atoms with Crippen molar-refractivity contribution < 1.29 is 50.0 Å². The molecule has 0 radical (unpaired) electrons. The van der Waals surface area contributed by atoms with E-state index >= 15 is 0 Å². The lowest BCUT2D eigenvalue weighted by Gasteiger charge is -2.40. The van der Waals surface area contributed by atoms with Gasteiger partial charge in [0.1, 0.15) is 36.6 Å². The van der Waals surface area contributed by atoms with Crippen LogP contribution in [0.15, 0.2) is 36.5 Å². The zero-order valence-corrected chi connectivity index (χ0v) is 47.8. The number of aliphatic hydroxyl groups is 7. The third-order valence-electron chi connectivity index (χ3n) is 15.1. The van der Waals surface area contributed by atoms with Crippen LogP contribution in [0.1, 0.15) is 290 Å². The second-order valence-electron chi connectivity index (χ2n) is 22.1. The van der Waals surface area contributed by atoms with Gasteiger partial charge in [0.05, 0.1) is 25.4 Å². The summed E-state index contributed by atoms with van der Waals surface area (Å²) in [5, 5.41) is 76.1. The van der Waals surface area contributed by atoms with Crippen LogP contribution >= 0.6 is 0 Å². The number of aliphatic hydroxyl groups excluding tert-OH is 7. The SMILES string of the molecule is CCCCCCCCC/C=C/CC/C=C/CCCC(O)C(O)C(COC1OC(CO)C(O)C(O)C1O)NC(=O)C(O)CCCCCCCCCCCCCCCCC/C=C\CCCCCCCCCCCCCC. The molecule has 0 aromatic heterocycles. The van der Waals surface area contributed by atoms with Gasteiger partial charge in [-0.1, -0.05) is 249 Å². The van der Waals surface area contributed by atoms with Gasteiger partial charge in [0.25, 0.3) is 0 Å². The van der Waals surface area contributed by atoms with E-state index in [9.17, 15) is 40.5 Å². The van der Waals surface area contributed by atoms with Crippen LogP contribution in [0.4, 0.5) is 0 Å². The number of carbonyl (C=O) groups excluding carboxylic acids is 1. The van der Waals surface area contributed by atoms with Crippen LogP contribution in [0, 0.1) is 0 Å². The molecule has 74 heavy (non-hydrogen) atoms. The Morgan fingerprint density at radius 3 is 1.20 bits per heavy atom. The molecule has 0 aromatic carbocycles. The Labute approximate surface area is 454 Å². The van der Waals surface area contributed by atoms with Crippen LogP contribution in [0.25, 0.3) is 0 Å².